The van der Waals surface area contributed by atoms with Crippen LogP contribution < -0.4 is 5.32 Å². The molecule has 0 radical (unpaired) electrons. The van der Waals surface area contributed by atoms with Crippen molar-refractivity contribution < 1.29 is 9.90 Å². The van der Waals surface area contributed by atoms with Gasteiger partial charge in [0.1, 0.15) is 0 Å². The number of aromatic nitrogens is 1. The lowest BCUT2D eigenvalue weighted by Gasteiger charge is -2.19. The first-order chi connectivity index (χ1) is 13.4. The SMILES string of the molecule is Cc1cc(C(=O)NCC(O)c2ccc(Cl)cc2)c(C)n1C(C)c1ccccc1. The predicted octanol–water partition coefficient (Wildman–Crippen LogP) is 4.83. The Hall–Kier alpha value is -2.56. The van der Waals surface area contributed by atoms with E-state index in [-0.39, 0.29) is 18.5 Å². The molecule has 1 aromatic heterocycles. The van der Waals surface area contributed by atoms with Gasteiger partial charge in [-0.15, -0.1) is 0 Å². The number of amides is 1. The fraction of sp³-hybridized carbons (Fsp3) is 0.261. The molecule has 2 atom stereocenters. The van der Waals surface area contributed by atoms with E-state index >= 15 is 0 Å². The van der Waals surface area contributed by atoms with Gasteiger partial charge in [-0.3, -0.25) is 4.79 Å². The minimum atomic E-state index is -0.784. The summed E-state index contributed by atoms with van der Waals surface area (Å²) in [4.78, 5) is 12.7. The molecule has 0 aliphatic carbocycles. The maximum absolute atomic E-state index is 12.7. The molecule has 0 bridgehead atoms. The molecule has 3 rings (SSSR count). The number of aliphatic hydroxyl groups is 1. The van der Waals surface area contributed by atoms with Crippen molar-refractivity contribution in [2.75, 3.05) is 6.54 Å². The third-order valence-electron chi connectivity index (χ3n) is 5.11. The first-order valence-electron chi connectivity index (χ1n) is 9.33. The van der Waals surface area contributed by atoms with Crippen LogP contribution in [0.1, 0.15) is 51.9 Å². The van der Waals surface area contributed by atoms with E-state index in [4.69, 9.17) is 11.6 Å². The number of hydrogen-bond acceptors (Lipinski definition) is 2. The predicted molar refractivity (Wildman–Crippen MR) is 113 cm³/mol. The van der Waals surface area contributed by atoms with Crippen LogP contribution in [-0.4, -0.2) is 22.1 Å². The topological polar surface area (TPSA) is 54.3 Å². The van der Waals surface area contributed by atoms with E-state index in [1.54, 1.807) is 24.3 Å². The van der Waals surface area contributed by atoms with Crippen molar-refractivity contribution in [1.82, 2.24) is 9.88 Å². The molecule has 0 aliphatic rings. The number of benzene rings is 2. The molecule has 5 heteroatoms. The average Bonchev–Trinajstić information content (AvgIpc) is 3.00. The van der Waals surface area contributed by atoms with Gasteiger partial charge >= 0.3 is 0 Å². The van der Waals surface area contributed by atoms with Gasteiger partial charge in [0.2, 0.25) is 0 Å². The van der Waals surface area contributed by atoms with Crippen LogP contribution in [0, 0.1) is 13.8 Å². The second-order valence-electron chi connectivity index (χ2n) is 7.02. The van der Waals surface area contributed by atoms with Crippen molar-refractivity contribution >= 4 is 17.5 Å². The quantitative estimate of drug-likeness (QED) is 0.626. The molecule has 0 saturated carbocycles. The Kier molecular flexibility index (Phi) is 6.22. The van der Waals surface area contributed by atoms with Crippen LogP contribution in [0.4, 0.5) is 0 Å². The van der Waals surface area contributed by atoms with E-state index in [1.165, 1.54) is 5.56 Å². The largest absolute Gasteiger partial charge is 0.387 e. The van der Waals surface area contributed by atoms with Gasteiger partial charge in [0.15, 0.2) is 0 Å². The van der Waals surface area contributed by atoms with Gasteiger partial charge in [-0.05, 0) is 50.1 Å². The molecule has 0 spiro atoms. The molecule has 3 aromatic rings. The molecule has 2 N–H and O–H groups in total. The van der Waals surface area contributed by atoms with Crippen LogP contribution in [0.25, 0.3) is 0 Å². The Labute approximate surface area is 170 Å². The van der Waals surface area contributed by atoms with Crippen LogP contribution >= 0.6 is 11.6 Å². The molecular weight excluding hydrogens is 372 g/mol. The van der Waals surface area contributed by atoms with E-state index < -0.39 is 6.10 Å². The Morgan fingerprint density at radius 3 is 2.36 bits per heavy atom. The Bertz CT molecular complexity index is 949. The van der Waals surface area contributed by atoms with E-state index in [0.29, 0.717) is 16.1 Å². The highest BCUT2D eigenvalue weighted by molar-refractivity contribution is 6.30. The van der Waals surface area contributed by atoms with Crippen LogP contribution in [0.3, 0.4) is 0 Å². The number of aliphatic hydroxyl groups excluding tert-OH is 1. The zero-order valence-electron chi connectivity index (χ0n) is 16.3. The van der Waals surface area contributed by atoms with Gasteiger partial charge in [0.25, 0.3) is 5.91 Å². The van der Waals surface area contributed by atoms with Gasteiger partial charge < -0.3 is 15.0 Å². The Morgan fingerprint density at radius 1 is 1.07 bits per heavy atom. The zero-order valence-corrected chi connectivity index (χ0v) is 17.1. The number of nitrogens with zero attached hydrogens (tertiary/aromatic N) is 1. The third-order valence-corrected chi connectivity index (χ3v) is 5.36. The lowest BCUT2D eigenvalue weighted by Crippen LogP contribution is -2.28. The first-order valence-corrected chi connectivity index (χ1v) is 9.71. The number of aryl methyl sites for hydroxylation is 1. The fourth-order valence-electron chi connectivity index (χ4n) is 3.57. The van der Waals surface area contributed by atoms with E-state index in [2.05, 4.69) is 28.9 Å². The summed E-state index contributed by atoms with van der Waals surface area (Å²) in [6, 6.07) is 19.2. The number of rotatable bonds is 6. The average molecular weight is 397 g/mol. The molecule has 0 fully saturated rings. The molecule has 0 aliphatic heterocycles. The molecular formula is C23H25ClN2O2. The van der Waals surface area contributed by atoms with Crippen LogP contribution in [0.2, 0.25) is 5.02 Å². The smallest absolute Gasteiger partial charge is 0.253 e. The number of nitrogens with one attached hydrogen (secondary N) is 1. The maximum atomic E-state index is 12.7. The van der Waals surface area contributed by atoms with Crippen LogP contribution in [0.15, 0.2) is 60.7 Å². The van der Waals surface area contributed by atoms with E-state index in [9.17, 15) is 9.90 Å². The molecule has 4 nitrogen and oxygen atoms in total. The summed E-state index contributed by atoms with van der Waals surface area (Å²) in [7, 11) is 0. The number of carbonyl (C=O) groups excluding carboxylic acids is 1. The normalized spacial score (nSPS) is 13.2. The summed E-state index contributed by atoms with van der Waals surface area (Å²) in [5.41, 5.74) is 4.47. The molecule has 28 heavy (non-hydrogen) atoms. The first kappa shape index (κ1) is 20.2. The second-order valence-corrected chi connectivity index (χ2v) is 7.46. The number of hydrogen-bond donors (Lipinski definition) is 2. The van der Waals surface area contributed by atoms with Crippen LogP contribution in [0.5, 0.6) is 0 Å². The molecule has 146 valence electrons. The monoisotopic (exact) mass is 396 g/mol. The summed E-state index contributed by atoms with van der Waals surface area (Å²) in [6.07, 6.45) is -0.784. The van der Waals surface area contributed by atoms with Gasteiger partial charge in [-0.1, -0.05) is 54.1 Å². The van der Waals surface area contributed by atoms with E-state index in [0.717, 1.165) is 11.4 Å². The Balaban J connectivity index is 1.73. The molecule has 1 heterocycles. The minimum Gasteiger partial charge on any atom is -0.387 e. The fourth-order valence-corrected chi connectivity index (χ4v) is 3.70. The molecule has 0 saturated heterocycles. The molecule has 2 aromatic carbocycles. The minimum absolute atomic E-state index is 0.127. The summed E-state index contributed by atoms with van der Waals surface area (Å²) >= 11 is 5.87. The van der Waals surface area contributed by atoms with Gasteiger partial charge in [0.05, 0.1) is 17.7 Å². The van der Waals surface area contributed by atoms with Crippen molar-refractivity contribution in [2.45, 2.75) is 32.9 Å². The van der Waals surface area contributed by atoms with E-state index in [1.807, 2.05) is 38.1 Å². The van der Waals surface area contributed by atoms with Crippen LogP contribution in [-0.2, 0) is 0 Å². The third kappa shape index (κ3) is 4.29. The highest BCUT2D eigenvalue weighted by Crippen LogP contribution is 2.25. The summed E-state index contributed by atoms with van der Waals surface area (Å²) in [5, 5.41) is 13.8. The highest BCUT2D eigenvalue weighted by Gasteiger charge is 2.20. The van der Waals surface area contributed by atoms with Crippen molar-refractivity contribution in [3.63, 3.8) is 0 Å². The van der Waals surface area contributed by atoms with Gasteiger partial charge in [-0.25, -0.2) is 0 Å². The van der Waals surface area contributed by atoms with Crippen molar-refractivity contribution in [3.8, 4) is 0 Å². The Morgan fingerprint density at radius 2 is 1.71 bits per heavy atom. The number of carbonyl (C=O) groups is 1. The summed E-state index contributed by atoms with van der Waals surface area (Å²) in [6.45, 7) is 6.22. The maximum Gasteiger partial charge on any atom is 0.253 e. The van der Waals surface area contributed by atoms with Crippen molar-refractivity contribution in [1.29, 1.82) is 0 Å². The highest BCUT2D eigenvalue weighted by atomic mass is 35.5. The van der Waals surface area contributed by atoms with Gasteiger partial charge in [0, 0.05) is 23.0 Å². The zero-order chi connectivity index (χ0) is 20.3. The summed E-state index contributed by atoms with van der Waals surface area (Å²) in [5.74, 6) is -0.187. The van der Waals surface area contributed by atoms with Crippen molar-refractivity contribution in [2.24, 2.45) is 0 Å². The molecule has 1 amide bonds. The molecule has 2 unspecified atom stereocenters. The van der Waals surface area contributed by atoms with Crippen molar-refractivity contribution in [3.05, 3.63) is 93.8 Å². The second kappa shape index (κ2) is 8.63. The standard InChI is InChI=1S/C23H25ClN2O2/c1-15-13-21(17(3)26(15)16(2)18-7-5-4-6-8-18)23(28)25-14-22(27)19-9-11-20(24)12-10-19/h4-13,16,22,27H,14H2,1-3H3,(H,25,28). The summed E-state index contributed by atoms with van der Waals surface area (Å²) < 4.78 is 2.17. The number of halogens is 1. The lowest BCUT2D eigenvalue weighted by atomic mass is 10.1. The lowest BCUT2D eigenvalue weighted by molar-refractivity contribution is 0.0915. The van der Waals surface area contributed by atoms with Gasteiger partial charge in [-0.2, -0.15) is 0 Å².